The number of fused-ring (bicyclic) bond motifs is 2. The van der Waals surface area contributed by atoms with E-state index in [2.05, 4.69) is 11.4 Å². The fourth-order valence-electron chi connectivity index (χ4n) is 4.85. The Hall–Kier alpha value is -2.67. The number of nitrogens with zero attached hydrogens (tertiary/aromatic N) is 2. The lowest BCUT2D eigenvalue weighted by atomic mass is 9.76. The summed E-state index contributed by atoms with van der Waals surface area (Å²) in [5.74, 6) is -0.567. The summed E-state index contributed by atoms with van der Waals surface area (Å²) in [4.78, 5) is 42.2. The fourth-order valence-corrected chi connectivity index (χ4v) is 4.85. The lowest BCUT2D eigenvalue weighted by Crippen LogP contribution is -2.47. The molecule has 7 nitrogen and oxygen atoms in total. The molecule has 1 N–H and O–H groups in total. The van der Waals surface area contributed by atoms with Crippen molar-refractivity contribution in [1.29, 1.82) is 0 Å². The van der Waals surface area contributed by atoms with Gasteiger partial charge in [0.1, 0.15) is 12.1 Å². The van der Waals surface area contributed by atoms with Gasteiger partial charge in [0.05, 0.1) is 6.61 Å². The molecule has 0 aromatic heterocycles. The van der Waals surface area contributed by atoms with Crippen molar-refractivity contribution >= 4 is 17.8 Å². The summed E-state index contributed by atoms with van der Waals surface area (Å²) in [5, 5.41) is 2.92. The van der Waals surface area contributed by atoms with Crippen molar-refractivity contribution in [2.45, 2.75) is 50.5 Å². The summed E-state index contributed by atoms with van der Waals surface area (Å²) < 4.78 is 5.17. The third-order valence-electron chi connectivity index (χ3n) is 6.38. The maximum atomic E-state index is 13.4. The topological polar surface area (TPSA) is 79.0 Å². The number of hydrogen-bond donors (Lipinski definition) is 1. The normalized spacial score (nSPS) is 23.2. The number of imide groups is 1. The molecular weight excluding hydrogens is 382 g/mol. The molecule has 30 heavy (non-hydrogen) atoms. The Labute approximate surface area is 177 Å². The molecule has 1 atom stereocenters. The molecule has 1 aliphatic heterocycles. The molecule has 1 saturated heterocycles. The summed E-state index contributed by atoms with van der Waals surface area (Å²) in [6, 6.07) is 7.27. The first-order chi connectivity index (χ1) is 14.6. The van der Waals surface area contributed by atoms with Crippen LogP contribution >= 0.6 is 0 Å². The van der Waals surface area contributed by atoms with Gasteiger partial charge in [0, 0.05) is 19.4 Å². The van der Waals surface area contributed by atoms with Crippen molar-refractivity contribution in [3.8, 4) is 0 Å². The number of carbonyl (C=O) groups is 3. The number of ether oxygens (including phenoxy) is 1. The van der Waals surface area contributed by atoms with Gasteiger partial charge in [-0.2, -0.15) is 0 Å². The molecule has 0 radical (unpaired) electrons. The third-order valence-corrected chi connectivity index (χ3v) is 6.38. The zero-order chi connectivity index (χ0) is 21.1. The number of urea groups is 1. The molecule has 1 spiro atoms. The summed E-state index contributed by atoms with van der Waals surface area (Å²) in [6.45, 7) is 0.564. The van der Waals surface area contributed by atoms with E-state index in [0.29, 0.717) is 19.6 Å². The van der Waals surface area contributed by atoms with Crippen molar-refractivity contribution in [2.75, 3.05) is 26.8 Å². The molecule has 1 heterocycles. The van der Waals surface area contributed by atoms with Crippen molar-refractivity contribution in [3.63, 3.8) is 0 Å². The monoisotopic (exact) mass is 411 g/mol. The Kier molecular flexibility index (Phi) is 5.90. The average molecular weight is 412 g/mol. The van der Waals surface area contributed by atoms with Crippen molar-refractivity contribution in [3.05, 3.63) is 47.2 Å². The highest BCUT2D eigenvalue weighted by molar-refractivity contribution is 6.09. The molecule has 3 aliphatic rings. The lowest BCUT2D eigenvalue weighted by molar-refractivity contribution is -0.138. The van der Waals surface area contributed by atoms with Crippen molar-refractivity contribution in [1.82, 2.24) is 15.1 Å². The molecule has 2 aliphatic carbocycles. The van der Waals surface area contributed by atoms with Crippen LogP contribution in [0.3, 0.4) is 0 Å². The number of benzene rings is 1. The molecule has 4 rings (SSSR count). The quantitative estimate of drug-likeness (QED) is 0.730. The van der Waals surface area contributed by atoms with Crippen LogP contribution in [0, 0.1) is 0 Å². The molecule has 7 heteroatoms. The second kappa shape index (κ2) is 8.60. The van der Waals surface area contributed by atoms with Gasteiger partial charge in [0.25, 0.3) is 5.91 Å². The van der Waals surface area contributed by atoms with Gasteiger partial charge in [-0.15, -0.1) is 0 Å². The van der Waals surface area contributed by atoms with Crippen LogP contribution in [0.1, 0.15) is 49.7 Å². The van der Waals surface area contributed by atoms with E-state index in [-0.39, 0.29) is 18.4 Å². The number of allylic oxidation sites excluding steroid dienone is 2. The van der Waals surface area contributed by atoms with Crippen molar-refractivity contribution < 1.29 is 19.1 Å². The Morgan fingerprint density at radius 1 is 1.20 bits per heavy atom. The van der Waals surface area contributed by atoms with E-state index in [9.17, 15) is 14.4 Å². The molecule has 0 saturated carbocycles. The van der Waals surface area contributed by atoms with Crippen LogP contribution < -0.4 is 5.32 Å². The first kappa shape index (κ1) is 20.6. The van der Waals surface area contributed by atoms with Crippen LogP contribution in [0.4, 0.5) is 4.79 Å². The maximum absolute atomic E-state index is 13.4. The minimum Gasteiger partial charge on any atom is -0.383 e. The van der Waals surface area contributed by atoms with E-state index in [1.165, 1.54) is 0 Å². The average Bonchev–Trinajstić information content (AvgIpc) is 3.00. The number of hydrogen-bond acceptors (Lipinski definition) is 4. The summed E-state index contributed by atoms with van der Waals surface area (Å²) >= 11 is 0. The van der Waals surface area contributed by atoms with Gasteiger partial charge in [-0.1, -0.05) is 30.3 Å². The predicted molar refractivity (Wildman–Crippen MR) is 111 cm³/mol. The fraction of sp³-hybridized carbons (Fsp3) is 0.522. The van der Waals surface area contributed by atoms with Crippen LogP contribution in [0.25, 0.3) is 0 Å². The zero-order valence-corrected chi connectivity index (χ0v) is 17.5. The smallest absolute Gasteiger partial charge is 0.325 e. The second-order valence-corrected chi connectivity index (χ2v) is 8.22. The zero-order valence-electron chi connectivity index (χ0n) is 17.5. The van der Waals surface area contributed by atoms with Gasteiger partial charge in [-0.05, 0) is 56.1 Å². The van der Waals surface area contributed by atoms with Gasteiger partial charge in [0.15, 0.2) is 0 Å². The minimum absolute atomic E-state index is 0.246. The molecule has 4 amide bonds. The van der Waals surface area contributed by atoms with Crippen LogP contribution in [0.5, 0.6) is 0 Å². The summed E-state index contributed by atoms with van der Waals surface area (Å²) in [6.07, 6.45) is 8.26. The van der Waals surface area contributed by atoms with E-state index >= 15 is 0 Å². The standard InChI is InChI=1S/C23H29N3O4/c1-30-15-14-25(18-10-3-2-4-11-18)20(27)16-26-21(28)23(24-22(26)29)13-7-9-17-8-5-6-12-19(17)23/h5-6,8,10,12H,2-4,7,9,11,13-16H2,1H3,(H,24,29)/t23-/m0/s1. The molecule has 1 fully saturated rings. The Morgan fingerprint density at radius 3 is 2.80 bits per heavy atom. The first-order valence-corrected chi connectivity index (χ1v) is 10.8. The van der Waals surface area contributed by atoms with E-state index < -0.39 is 11.6 Å². The van der Waals surface area contributed by atoms with E-state index in [4.69, 9.17) is 4.74 Å². The molecule has 1 aromatic rings. The summed E-state index contributed by atoms with van der Waals surface area (Å²) in [5.41, 5.74) is 1.86. The second-order valence-electron chi connectivity index (χ2n) is 8.22. The number of carbonyl (C=O) groups excluding carboxylic acids is 3. The highest BCUT2D eigenvalue weighted by Crippen LogP contribution is 2.39. The number of methoxy groups -OCH3 is 1. The summed E-state index contributed by atoms with van der Waals surface area (Å²) in [7, 11) is 1.60. The molecule has 0 bridgehead atoms. The van der Waals surface area contributed by atoms with Gasteiger partial charge in [-0.3, -0.25) is 14.5 Å². The van der Waals surface area contributed by atoms with Gasteiger partial charge in [0.2, 0.25) is 5.91 Å². The van der Waals surface area contributed by atoms with Gasteiger partial charge in [-0.25, -0.2) is 4.79 Å². The van der Waals surface area contributed by atoms with Crippen molar-refractivity contribution in [2.24, 2.45) is 0 Å². The lowest BCUT2D eigenvalue weighted by Gasteiger charge is -2.33. The highest BCUT2D eigenvalue weighted by atomic mass is 16.5. The Bertz CT molecular complexity index is 881. The van der Waals surface area contributed by atoms with E-state index in [1.807, 2.05) is 24.3 Å². The van der Waals surface area contributed by atoms with E-state index in [0.717, 1.165) is 60.2 Å². The highest BCUT2D eigenvalue weighted by Gasteiger charge is 2.54. The van der Waals surface area contributed by atoms with Gasteiger partial charge >= 0.3 is 6.03 Å². The molecule has 1 aromatic carbocycles. The Balaban J connectivity index is 1.56. The van der Waals surface area contributed by atoms with Crippen LogP contribution in [-0.2, 0) is 26.3 Å². The van der Waals surface area contributed by atoms with Crippen LogP contribution in [0.15, 0.2) is 36.0 Å². The van der Waals surface area contributed by atoms with Crippen LogP contribution in [-0.4, -0.2) is 54.5 Å². The minimum atomic E-state index is -1.05. The Morgan fingerprint density at radius 2 is 2.03 bits per heavy atom. The molecular formula is C23H29N3O4. The number of aryl methyl sites for hydroxylation is 1. The maximum Gasteiger partial charge on any atom is 0.325 e. The van der Waals surface area contributed by atoms with Gasteiger partial charge < -0.3 is 15.0 Å². The molecule has 160 valence electrons. The predicted octanol–water partition coefficient (Wildman–Crippen LogP) is 2.70. The SMILES string of the molecule is COCCN(C(=O)CN1C(=O)N[C@]2(CCCc3ccccc32)C1=O)C1=CCCCC1. The number of rotatable bonds is 6. The van der Waals surface area contributed by atoms with E-state index in [1.54, 1.807) is 12.0 Å². The number of nitrogens with one attached hydrogen (secondary N) is 1. The van der Waals surface area contributed by atoms with Crippen LogP contribution in [0.2, 0.25) is 0 Å². The third kappa shape index (κ3) is 3.62. The molecule has 0 unspecified atom stereocenters. The largest absolute Gasteiger partial charge is 0.383 e. The number of amides is 4. The first-order valence-electron chi connectivity index (χ1n) is 10.8.